The molecule has 1 aliphatic heterocycles. The van der Waals surface area contributed by atoms with Gasteiger partial charge in [-0.3, -0.25) is 4.79 Å². The van der Waals surface area contributed by atoms with E-state index in [1.165, 1.54) is 0 Å². The van der Waals surface area contributed by atoms with Crippen molar-refractivity contribution in [3.63, 3.8) is 0 Å². The minimum Gasteiger partial charge on any atom is -0.356 e. The average molecular weight is 180 g/mol. The predicted molar refractivity (Wildman–Crippen MR) is 49.7 cm³/mol. The standard InChI is InChI=1S/C10H16N2O/c1-7(2)9(6-11)8-4-3-5-12-10(8)13/h7-9H,3-5H2,1-2H3,(H,12,13). The Balaban J connectivity index is 2.67. The Bertz CT molecular complexity index is 230. The van der Waals surface area contributed by atoms with Crippen LogP contribution in [0.15, 0.2) is 0 Å². The van der Waals surface area contributed by atoms with Crippen molar-refractivity contribution in [2.75, 3.05) is 6.54 Å². The van der Waals surface area contributed by atoms with Crippen molar-refractivity contribution in [3.8, 4) is 6.07 Å². The Hall–Kier alpha value is -1.04. The molecular formula is C10H16N2O. The number of nitriles is 1. The number of rotatable bonds is 2. The first-order chi connectivity index (χ1) is 6.16. The third kappa shape index (κ3) is 2.21. The van der Waals surface area contributed by atoms with E-state index in [1.807, 2.05) is 13.8 Å². The van der Waals surface area contributed by atoms with Crippen LogP contribution in [0.25, 0.3) is 0 Å². The van der Waals surface area contributed by atoms with Gasteiger partial charge in [-0.15, -0.1) is 0 Å². The number of hydrogen-bond donors (Lipinski definition) is 1. The molecule has 0 aliphatic carbocycles. The van der Waals surface area contributed by atoms with E-state index in [-0.39, 0.29) is 23.7 Å². The Morgan fingerprint density at radius 2 is 2.31 bits per heavy atom. The third-order valence-corrected chi connectivity index (χ3v) is 2.63. The van der Waals surface area contributed by atoms with Crippen LogP contribution in [-0.4, -0.2) is 12.5 Å². The van der Waals surface area contributed by atoms with Gasteiger partial charge in [0.15, 0.2) is 0 Å². The minimum absolute atomic E-state index is 0.0616. The highest BCUT2D eigenvalue weighted by Crippen LogP contribution is 2.26. The Morgan fingerprint density at radius 3 is 2.77 bits per heavy atom. The molecule has 0 saturated carbocycles. The second-order valence-corrected chi connectivity index (χ2v) is 3.94. The quantitative estimate of drug-likeness (QED) is 0.696. The molecule has 1 aliphatic rings. The monoisotopic (exact) mass is 180 g/mol. The van der Waals surface area contributed by atoms with Gasteiger partial charge in [-0.2, -0.15) is 5.26 Å². The van der Waals surface area contributed by atoms with Gasteiger partial charge >= 0.3 is 0 Å². The third-order valence-electron chi connectivity index (χ3n) is 2.63. The molecule has 0 aromatic carbocycles. The molecule has 0 aromatic heterocycles. The van der Waals surface area contributed by atoms with E-state index in [0.717, 1.165) is 19.4 Å². The van der Waals surface area contributed by atoms with Crippen LogP contribution in [0.5, 0.6) is 0 Å². The summed E-state index contributed by atoms with van der Waals surface area (Å²) in [5.41, 5.74) is 0. The topological polar surface area (TPSA) is 52.9 Å². The Morgan fingerprint density at radius 1 is 1.62 bits per heavy atom. The molecule has 1 N–H and O–H groups in total. The van der Waals surface area contributed by atoms with E-state index in [2.05, 4.69) is 11.4 Å². The van der Waals surface area contributed by atoms with Crippen LogP contribution in [0.4, 0.5) is 0 Å². The van der Waals surface area contributed by atoms with Gasteiger partial charge in [-0.25, -0.2) is 0 Å². The lowest BCUT2D eigenvalue weighted by atomic mass is 9.80. The summed E-state index contributed by atoms with van der Waals surface area (Å²) in [5.74, 6) is 0.115. The van der Waals surface area contributed by atoms with Gasteiger partial charge < -0.3 is 5.32 Å². The van der Waals surface area contributed by atoms with Gasteiger partial charge in [-0.05, 0) is 18.8 Å². The lowest BCUT2D eigenvalue weighted by molar-refractivity contribution is -0.128. The Labute approximate surface area is 79.1 Å². The number of amides is 1. The summed E-state index contributed by atoms with van der Waals surface area (Å²) in [6, 6.07) is 2.24. The van der Waals surface area contributed by atoms with E-state index in [9.17, 15) is 4.79 Å². The molecule has 0 bridgehead atoms. The maximum absolute atomic E-state index is 11.4. The summed E-state index contributed by atoms with van der Waals surface area (Å²) in [7, 11) is 0. The molecule has 1 rings (SSSR count). The van der Waals surface area contributed by atoms with Crippen molar-refractivity contribution in [3.05, 3.63) is 0 Å². The zero-order chi connectivity index (χ0) is 9.84. The zero-order valence-corrected chi connectivity index (χ0v) is 8.21. The van der Waals surface area contributed by atoms with Crippen molar-refractivity contribution in [1.29, 1.82) is 5.26 Å². The van der Waals surface area contributed by atoms with Crippen molar-refractivity contribution < 1.29 is 4.79 Å². The molecule has 3 heteroatoms. The van der Waals surface area contributed by atoms with Crippen molar-refractivity contribution in [2.45, 2.75) is 26.7 Å². The molecule has 0 aromatic rings. The maximum Gasteiger partial charge on any atom is 0.224 e. The molecule has 2 atom stereocenters. The van der Waals surface area contributed by atoms with Crippen molar-refractivity contribution in [1.82, 2.24) is 5.32 Å². The summed E-state index contributed by atoms with van der Waals surface area (Å²) in [6.07, 6.45) is 1.86. The lowest BCUT2D eigenvalue weighted by Gasteiger charge is -2.27. The summed E-state index contributed by atoms with van der Waals surface area (Å²) in [6.45, 7) is 4.76. The van der Waals surface area contributed by atoms with E-state index < -0.39 is 0 Å². The largest absolute Gasteiger partial charge is 0.356 e. The van der Waals surface area contributed by atoms with Crippen molar-refractivity contribution >= 4 is 5.91 Å². The zero-order valence-electron chi connectivity index (χ0n) is 8.21. The maximum atomic E-state index is 11.4. The van der Waals surface area contributed by atoms with Crippen LogP contribution in [0, 0.1) is 29.1 Å². The molecule has 0 radical (unpaired) electrons. The molecule has 0 spiro atoms. The number of carbonyl (C=O) groups excluding carboxylic acids is 1. The minimum atomic E-state index is -0.125. The fraction of sp³-hybridized carbons (Fsp3) is 0.800. The van der Waals surface area contributed by atoms with Crippen LogP contribution in [-0.2, 0) is 4.79 Å². The second kappa shape index (κ2) is 4.27. The highest BCUT2D eigenvalue weighted by Gasteiger charge is 2.32. The van der Waals surface area contributed by atoms with E-state index in [4.69, 9.17) is 5.26 Å². The first-order valence-corrected chi connectivity index (χ1v) is 4.84. The molecular weight excluding hydrogens is 164 g/mol. The molecule has 13 heavy (non-hydrogen) atoms. The smallest absolute Gasteiger partial charge is 0.224 e. The highest BCUT2D eigenvalue weighted by atomic mass is 16.1. The fourth-order valence-corrected chi connectivity index (χ4v) is 1.84. The van der Waals surface area contributed by atoms with Crippen LogP contribution >= 0.6 is 0 Å². The van der Waals surface area contributed by atoms with E-state index in [1.54, 1.807) is 0 Å². The average Bonchev–Trinajstić information content (AvgIpc) is 2.09. The molecule has 2 unspecified atom stereocenters. The van der Waals surface area contributed by atoms with E-state index >= 15 is 0 Å². The first kappa shape index (κ1) is 10.0. The van der Waals surface area contributed by atoms with Gasteiger partial charge in [0, 0.05) is 6.54 Å². The predicted octanol–water partition coefficient (Wildman–Crippen LogP) is 1.31. The van der Waals surface area contributed by atoms with E-state index in [0.29, 0.717) is 0 Å². The molecule has 1 saturated heterocycles. The summed E-state index contributed by atoms with van der Waals surface area (Å²) < 4.78 is 0. The van der Waals surface area contributed by atoms with Gasteiger partial charge in [0.25, 0.3) is 0 Å². The molecule has 1 heterocycles. The fourth-order valence-electron chi connectivity index (χ4n) is 1.84. The van der Waals surface area contributed by atoms with Gasteiger partial charge in [0.1, 0.15) is 0 Å². The highest BCUT2D eigenvalue weighted by molar-refractivity contribution is 5.80. The van der Waals surface area contributed by atoms with Gasteiger partial charge in [0.2, 0.25) is 5.91 Å². The van der Waals surface area contributed by atoms with Crippen LogP contribution in [0.1, 0.15) is 26.7 Å². The number of piperidine rings is 1. The normalized spacial score (nSPS) is 25.1. The van der Waals surface area contributed by atoms with Crippen molar-refractivity contribution in [2.24, 2.45) is 17.8 Å². The summed E-state index contributed by atoms with van der Waals surface area (Å²) in [5, 5.41) is 11.7. The number of nitrogens with zero attached hydrogens (tertiary/aromatic N) is 1. The SMILES string of the molecule is CC(C)C(C#N)C1CCCNC1=O. The molecule has 3 nitrogen and oxygen atoms in total. The van der Waals surface area contributed by atoms with Crippen LogP contribution in [0.2, 0.25) is 0 Å². The summed E-state index contributed by atoms with van der Waals surface area (Å²) in [4.78, 5) is 11.4. The second-order valence-electron chi connectivity index (χ2n) is 3.94. The Kier molecular flexibility index (Phi) is 3.30. The number of nitrogens with one attached hydrogen (secondary N) is 1. The molecule has 72 valence electrons. The molecule has 1 fully saturated rings. The van der Waals surface area contributed by atoms with Gasteiger partial charge in [-0.1, -0.05) is 13.8 Å². The first-order valence-electron chi connectivity index (χ1n) is 4.84. The molecule has 1 amide bonds. The number of carbonyl (C=O) groups is 1. The van der Waals surface area contributed by atoms with Crippen LogP contribution < -0.4 is 5.32 Å². The lowest BCUT2D eigenvalue weighted by Crippen LogP contribution is -2.41. The number of hydrogen-bond acceptors (Lipinski definition) is 2. The van der Waals surface area contributed by atoms with Crippen LogP contribution in [0.3, 0.4) is 0 Å². The van der Waals surface area contributed by atoms with Gasteiger partial charge in [0.05, 0.1) is 17.9 Å². The summed E-state index contributed by atoms with van der Waals surface area (Å²) >= 11 is 0.